The summed E-state index contributed by atoms with van der Waals surface area (Å²) in [5.41, 5.74) is 0. The molecule has 0 aliphatic carbocycles. The minimum absolute atomic E-state index is 0.109. The number of allylic oxidation sites excluding steroid dienone is 8. The predicted molar refractivity (Wildman–Crippen MR) is 114 cm³/mol. The number of nitrogens with two attached hydrogens (primary N) is 1. The Labute approximate surface area is 167 Å². The van der Waals surface area contributed by atoms with E-state index in [9.17, 15) is 9.70 Å². The number of carboxylic acid groups (broad SMARTS) is 1. The maximum atomic E-state index is 10.8. The minimum atomic E-state index is -0.818. The van der Waals surface area contributed by atoms with Gasteiger partial charge < -0.3 is 5.11 Å². The molecule has 0 radical (unpaired) electrons. The van der Waals surface area contributed by atoms with E-state index in [1.54, 1.807) is 36.5 Å². The largest absolute Gasteiger partial charge is 0.481 e. The van der Waals surface area contributed by atoms with Gasteiger partial charge in [-0.2, -0.15) is 4.91 Å². The maximum Gasteiger partial charge on any atom is 0.303 e. The Balaban J connectivity index is 4.22. The second-order valence-electron chi connectivity index (χ2n) is 5.96. The third-order valence-electron chi connectivity index (χ3n) is 3.58. The van der Waals surface area contributed by atoms with E-state index >= 15 is 0 Å². The van der Waals surface area contributed by atoms with Gasteiger partial charge in [-0.3, -0.25) is 9.63 Å². The monoisotopic (exact) mass is 388 g/mol. The molecule has 0 rings (SSSR count). The third kappa shape index (κ3) is 16.9. The highest BCUT2D eigenvalue weighted by Gasteiger charge is 2.00. The zero-order valence-electron chi connectivity index (χ0n) is 16.5. The Morgan fingerprint density at radius 3 is 2.32 bits per heavy atom. The summed E-state index contributed by atoms with van der Waals surface area (Å²) in [6, 6.07) is -0.379. The molecule has 0 aromatic heterocycles. The number of rotatable bonds is 16. The lowest BCUT2D eigenvalue weighted by Crippen LogP contribution is -2.13. The van der Waals surface area contributed by atoms with Crippen molar-refractivity contribution in [3.63, 3.8) is 0 Å². The van der Waals surface area contributed by atoms with Crippen molar-refractivity contribution in [2.45, 2.75) is 57.6 Å². The van der Waals surface area contributed by atoms with Gasteiger partial charge in [0.2, 0.25) is 0 Å². The highest BCUT2D eigenvalue weighted by molar-refractivity contribution is 5.66. The molecule has 0 unspecified atom stereocenters. The smallest absolute Gasteiger partial charge is 0.303 e. The molecule has 0 saturated carbocycles. The highest BCUT2D eigenvalue weighted by atomic mass is 16.6. The fourth-order valence-electron chi connectivity index (χ4n) is 2.07. The van der Waals surface area contributed by atoms with E-state index in [0.717, 1.165) is 12.8 Å². The Morgan fingerprint density at radius 2 is 1.68 bits per heavy atom. The Kier molecular flexibility index (Phi) is 17.4. The number of carboxylic acids is 1. The first-order valence-corrected chi connectivity index (χ1v) is 9.50. The van der Waals surface area contributed by atoms with Gasteiger partial charge in [0.05, 0.1) is 0 Å². The summed E-state index contributed by atoms with van der Waals surface area (Å²) in [6.07, 6.45) is 25.9. The lowest BCUT2D eigenvalue weighted by atomic mass is 10.1. The Hall–Kier alpha value is -2.57. The van der Waals surface area contributed by atoms with E-state index in [-0.39, 0.29) is 18.6 Å². The number of carbonyl (C=O) groups is 1. The van der Waals surface area contributed by atoms with Gasteiger partial charge in [0.25, 0.3) is 0 Å². The molecular weight excluding hydrogens is 356 g/mol. The molecule has 3 N–H and O–H groups in total. The van der Waals surface area contributed by atoms with Crippen LogP contribution < -0.4 is 5.90 Å². The summed E-state index contributed by atoms with van der Waals surface area (Å²) in [5, 5.41) is 11.7. The van der Waals surface area contributed by atoms with E-state index in [1.165, 1.54) is 0 Å². The van der Waals surface area contributed by atoms with Crippen LogP contribution in [-0.2, 0) is 9.63 Å². The van der Waals surface area contributed by atoms with Gasteiger partial charge in [0.15, 0.2) is 0 Å². The maximum absolute atomic E-state index is 10.8. The summed E-state index contributed by atoms with van der Waals surface area (Å²) in [6.45, 7) is 2.09. The number of nitrogens with zero attached hydrogens (tertiary/aromatic N) is 1. The minimum Gasteiger partial charge on any atom is -0.481 e. The second kappa shape index (κ2) is 19.2. The average molecular weight is 389 g/mol. The molecule has 6 heteroatoms. The standard InChI is InChI=1S/C22H32N2O4/c1-2-3-4-5-6-10-15-20(24-27)16-11-7-8-12-17-21(28-23)18-13-9-14-19-22(25)26/h3-4,6-13,16-17,20-21H,2,5,14-15,18-19,23H2,1H3,(H,25,26)/b4-3-,8-7+,10-6-,13-9-,16-11+,17-12+/t20-,21+/m0/s1. The lowest BCUT2D eigenvalue weighted by molar-refractivity contribution is -0.136. The third-order valence-corrected chi connectivity index (χ3v) is 3.58. The topological polar surface area (TPSA) is 102 Å². The van der Waals surface area contributed by atoms with Crippen molar-refractivity contribution in [3.8, 4) is 0 Å². The highest BCUT2D eigenvalue weighted by Crippen LogP contribution is 2.04. The molecule has 28 heavy (non-hydrogen) atoms. The molecule has 0 spiro atoms. The van der Waals surface area contributed by atoms with E-state index in [0.29, 0.717) is 19.3 Å². The molecule has 0 aromatic rings. The molecule has 0 amide bonds. The summed E-state index contributed by atoms with van der Waals surface area (Å²) in [4.78, 5) is 26.1. The van der Waals surface area contributed by atoms with E-state index in [4.69, 9.17) is 15.8 Å². The van der Waals surface area contributed by atoms with Crippen LogP contribution in [0.3, 0.4) is 0 Å². The normalized spacial score (nSPS) is 15.1. The van der Waals surface area contributed by atoms with Crippen LogP contribution in [-0.4, -0.2) is 23.2 Å². The van der Waals surface area contributed by atoms with E-state index in [2.05, 4.69) is 24.3 Å². The summed E-state index contributed by atoms with van der Waals surface area (Å²) in [5.74, 6) is 4.43. The quantitative estimate of drug-likeness (QED) is 0.164. The van der Waals surface area contributed by atoms with Crippen LogP contribution in [0.4, 0.5) is 0 Å². The van der Waals surface area contributed by atoms with Gasteiger partial charge in [0.1, 0.15) is 12.1 Å². The van der Waals surface area contributed by atoms with Gasteiger partial charge in [0, 0.05) is 6.42 Å². The lowest BCUT2D eigenvalue weighted by Gasteiger charge is -2.05. The molecule has 0 aliphatic heterocycles. The Bertz CT molecular complexity index is 589. The van der Waals surface area contributed by atoms with Crippen molar-refractivity contribution < 1.29 is 14.7 Å². The van der Waals surface area contributed by atoms with Crippen LogP contribution in [0.1, 0.15) is 45.4 Å². The molecule has 2 atom stereocenters. The van der Waals surface area contributed by atoms with Crippen molar-refractivity contribution in [3.05, 3.63) is 77.8 Å². The Morgan fingerprint density at radius 1 is 1.00 bits per heavy atom. The number of hydrogen-bond acceptors (Lipinski definition) is 5. The van der Waals surface area contributed by atoms with Crippen LogP contribution in [0.15, 0.2) is 78.1 Å². The van der Waals surface area contributed by atoms with Gasteiger partial charge in [-0.05, 0) is 32.1 Å². The summed E-state index contributed by atoms with van der Waals surface area (Å²) < 4.78 is 0. The van der Waals surface area contributed by atoms with Gasteiger partial charge in [-0.15, -0.1) is 0 Å². The zero-order chi connectivity index (χ0) is 20.9. The number of nitroso groups, excluding NO2 is 1. The van der Waals surface area contributed by atoms with E-state index < -0.39 is 5.97 Å². The van der Waals surface area contributed by atoms with Crippen molar-refractivity contribution in [2.75, 3.05) is 0 Å². The summed E-state index contributed by atoms with van der Waals surface area (Å²) in [7, 11) is 0. The van der Waals surface area contributed by atoms with Crippen molar-refractivity contribution in [1.82, 2.24) is 0 Å². The molecule has 0 aromatic carbocycles. The van der Waals surface area contributed by atoms with Crippen LogP contribution in [0.25, 0.3) is 0 Å². The molecular formula is C22H32N2O4. The fourth-order valence-corrected chi connectivity index (χ4v) is 2.07. The zero-order valence-corrected chi connectivity index (χ0v) is 16.5. The first-order chi connectivity index (χ1) is 13.6. The van der Waals surface area contributed by atoms with Gasteiger partial charge >= 0.3 is 5.97 Å². The predicted octanol–water partition coefficient (Wildman–Crippen LogP) is 5.16. The first-order valence-electron chi connectivity index (χ1n) is 9.50. The molecule has 0 saturated heterocycles. The van der Waals surface area contributed by atoms with Crippen LogP contribution in [0.2, 0.25) is 0 Å². The average Bonchev–Trinajstić information content (AvgIpc) is 2.69. The van der Waals surface area contributed by atoms with Crippen LogP contribution in [0, 0.1) is 4.91 Å². The molecule has 0 heterocycles. The first kappa shape index (κ1) is 25.4. The van der Waals surface area contributed by atoms with Crippen LogP contribution in [0.5, 0.6) is 0 Å². The van der Waals surface area contributed by atoms with Crippen LogP contribution >= 0.6 is 0 Å². The van der Waals surface area contributed by atoms with Crippen molar-refractivity contribution in [1.29, 1.82) is 0 Å². The van der Waals surface area contributed by atoms with Gasteiger partial charge in [-0.25, -0.2) is 5.90 Å². The fraction of sp³-hybridized carbons (Fsp3) is 0.409. The van der Waals surface area contributed by atoms with Crippen molar-refractivity contribution in [2.24, 2.45) is 11.1 Å². The molecule has 6 nitrogen and oxygen atoms in total. The van der Waals surface area contributed by atoms with Gasteiger partial charge in [-0.1, -0.05) is 85.0 Å². The van der Waals surface area contributed by atoms with Crippen molar-refractivity contribution >= 4 is 5.97 Å². The number of aliphatic carboxylic acids is 1. The number of hydrogen-bond donors (Lipinski definition) is 2. The second-order valence-corrected chi connectivity index (χ2v) is 5.96. The summed E-state index contributed by atoms with van der Waals surface area (Å²) >= 11 is 0. The molecule has 0 bridgehead atoms. The van der Waals surface area contributed by atoms with E-state index in [1.807, 2.05) is 24.3 Å². The molecule has 0 fully saturated rings. The SMILES string of the molecule is CC/C=C\C/C=C\C[C@@H](/C=C/C=C/C=C/[C@H](C/C=C\CCC(=O)O)ON)N=O. The molecule has 0 aliphatic rings. The molecule has 154 valence electrons.